The molecule has 8 nitrogen and oxygen atoms in total. The van der Waals surface area contributed by atoms with E-state index in [2.05, 4.69) is 4.98 Å². The Morgan fingerprint density at radius 3 is 2.35 bits per heavy atom. The Balaban J connectivity index is 2.09. The molecule has 0 saturated heterocycles. The molecule has 8 heteroatoms. The maximum atomic E-state index is 12.9. The average Bonchev–Trinajstić information content (AvgIpc) is 2.74. The summed E-state index contributed by atoms with van der Waals surface area (Å²) >= 11 is 0. The summed E-state index contributed by atoms with van der Waals surface area (Å²) in [6.45, 7) is 1.79. The number of carboxylic acid groups (broad SMARTS) is 1. The molecule has 0 spiro atoms. The van der Waals surface area contributed by atoms with Crippen LogP contribution in [0.2, 0.25) is 0 Å². The van der Waals surface area contributed by atoms with E-state index in [-0.39, 0.29) is 18.0 Å². The van der Waals surface area contributed by atoms with E-state index in [4.69, 9.17) is 9.84 Å². The van der Waals surface area contributed by atoms with Gasteiger partial charge in [-0.2, -0.15) is 0 Å². The van der Waals surface area contributed by atoms with Crippen LogP contribution >= 0.6 is 0 Å². The summed E-state index contributed by atoms with van der Waals surface area (Å²) < 4.78 is 5.90. The minimum absolute atomic E-state index is 0.163. The van der Waals surface area contributed by atoms with Crippen molar-refractivity contribution in [1.29, 1.82) is 0 Å². The van der Waals surface area contributed by atoms with Crippen LogP contribution in [-0.4, -0.2) is 64.1 Å². The molecule has 0 bridgehead atoms. The summed E-state index contributed by atoms with van der Waals surface area (Å²) in [6.07, 6.45) is 0. The van der Waals surface area contributed by atoms with Gasteiger partial charge in [0.05, 0.1) is 5.69 Å². The number of carbonyl (C=O) groups excluding carboxylic acids is 1. The SMILES string of the molecule is CCN(CC(=O)O)C(=O)c1nc(CN(C)C)c2cc(Oc3ccccc3)ccc2c1O. The van der Waals surface area contributed by atoms with Crippen molar-refractivity contribution in [2.24, 2.45) is 0 Å². The van der Waals surface area contributed by atoms with Crippen molar-refractivity contribution in [2.75, 3.05) is 27.2 Å². The second-order valence-electron chi connectivity index (χ2n) is 7.33. The van der Waals surface area contributed by atoms with Gasteiger partial charge in [0, 0.05) is 23.9 Å². The summed E-state index contributed by atoms with van der Waals surface area (Å²) in [4.78, 5) is 31.5. The molecule has 0 aliphatic rings. The molecule has 0 unspecified atom stereocenters. The largest absolute Gasteiger partial charge is 0.505 e. The first-order valence-electron chi connectivity index (χ1n) is 9.84. The predicted octanol–water partition coefficient (Wildman–Crippen LogP) is 3.34. The Kier molecular flexibility index (Phi) is 6.71. The van der Waals surface area contributed by atoms with Gasteiger partial charge in [0.2, 0.25) is 0 Å². The minimum atomic E-state index is -1.13. The zero-order valence-corrected chi connectivity index (χ0v) is 17.7. The number of ether oxygens (including phenoxy) is 1. The molecule has 162 valence electrons. The molecule has 0 aliphatic heterocycles. The lowest BCUT2D eigenvalue weighted by molar-refractivity contribution is -0.137. The van der Waals surface area contributed by atoms with Gasteiger partial charge in [0.15, 0.2) is 11.4 Å². The van der Waals surface area contributed by atoms with Gasteiger partial charge >= 0.3 is 5.97 Å². The zero-order chi connectivity index (χ0) is 22.5. The number of amides is 1. The van der Waals surface area contributed by atoms with Crippen LogP contribution in [0.25, 0.3) is 10.8 Å². The van der Waals surface area contributed by atoms with Crippen molar-refractivity contribution in [1.82, 2.24) is 14.8 Å². The fraction of sp³-hybridized carbons (Fsp3) is 0.261. The molecule has 1 aromatic heterocycles. The van der Waals surface area contributed by atoms with Crippen LogP contribution in [0.15, 0.2) is 48.5 Å². The molecule has 2 N–H and O–H groups in total. The Morgan fingerprint density at radius 2 is 1.74 bits per heavy atom. The van der Waals surface area contributed by atoms with E-state index in [9.17, 15) is 14.7 Å². The van der Waals surface area contributed by atoms with Crippen LogP contribution in [0.4, 0.5) is 0 Å². The van der Waals surface area contributed by atoms with Crippen molar-refractivity contribution in [2.45, 2.75) is 13.5 Å². The topological polar surface area (TPSA) is 103 Å². The fourth-order valence-corrected chi connectivity index (χ4v) is 3.24. The Hall–Kier alpha value is -3.65. The third kappa shape index (κ3) is 5.10. The number of nitrogens with zero attached hydrogens (tertiary/aromatic N) is 3. The van der Waals surface area contributed by atoms with E-state index in [0.29, 0.717) is 34.5 Å². The number of likely N-dealkylation sites (N-methyl/N-ethyl adjacent to an activating group) is 1. The van der Waals surface area contributed by atoms with Crippen molar-refractivity contribution in [3.05, 3.63) is 59.9 Å². The standard InChI is InChI=1S/C23H25N3O5/c1-4-26(14-20(27)28)23(30)21-22(29)17-11-10-16(31-15-8-6-5-7-9-15)12-18(17)19(24-21)13-25(2)3/h5-12,29H,4,13-14H2,1-3H3,(H,27,28). The van der Waals surface area contributed by atoms with Gasteiger partial charge in [-0.1, -0.05) is 18.2 Å². The fourth-order valence-electron chi connectivity index (χ4n) is 3.24. The van der Waals surface area contributed by atoms with Gasteiger partial charge in [-0.15, -0.1) is 0 Å². The molecule has 0 aliphatic carbocycles. The number of fused-ring (bicyclic) bond motifs is 1. The molecule has 1 heterocycles. The number of carboxylic acids is 1. The van der Waals surface area contributed by atoms with Crippen LogP contribution in [0.5, 0.6) is 17.2 Å². The zero-order valence-electron chi connectivity index (χ0n) is 17.7. The molecule has 3 rings (SSSR count). The molecule has 0 saturated carbocycles. The normalized spacial score (nSPS) is 11.0. The Bertz CT molecular complexity index is 1100. The van der Waals surface area contributed by atoms with E-state index in [0.717, 1.165) is 4.90 Å². The molecule has 3 aromatic rings. The lowest BCUT2D eigenvalue weighted by Gasteiger charge is -2.21. The summed E-state index contributed by atoms with van der Waals surface area (Å²) in [6, 6.07) is 14.5. The maximum Gasteiger partial charge on any atom is 0.323 e. The van der Waals surface area contributed by atoms with E-state index < -0.39 is 18.4 Å². The number of carbonyl (C=O) groups is 2. The predicted molar refractivity (Wildman–Crippen MR) is 117 cm³/mol. The first-order chi connectivity index (χ1) is 14.8. The summed E-state index contributed by atoms with van der Waals surface area (Å²) in [5, 5.41) is 21.0. The number of aromatic hydroxyl groups is 1. The molecular weight excluding hydrogens is 398 g/mol. The molecular formula is C23H25N3O5. The van der Waals surface area contributed by atoms with Crippen LogP contribution in [-0.2, 0) is 11.3 Å². The smallest absolute Gasteiger partial charge is 0.323 e. The van der Waals surface area contributed by atoms with Gasteiger partial charge < -0.3 is 24.7 Å². The molecule has 2 aromatic carbocycles. The Morgan fingerprint density at radius 1 is 1.03 bits per heavy atom. The van der Waals surface area contributed by atoms with E-state index >= 15 is 0 Å². The number of pyridine rings is 1. The van der Waals surface area contributed by atoms with Crippen molar-refractivity contribution in [3.63, 3.8) is 0 Å². The third-order valence-electron chi connectivity index (χ3n) is 4.67. The number of aliphatic carboxylic acids is 1. The van der Waals surface area contributed by atoms with Crippen LogP contribution in [0, 0.1) is 0 Å². The second-order valence-corrected chi connectivity index (χ2v) is 7.33. The van der Waals surface area contributed by atoms with E-state index in [1.165, 1.54) is 0 Å². The highest BCUT2D eigenvalue weighted by molar-refractivity contribution is 6.03. The molecule has 0 radical (unpaired) electrons. The van der Waals surface area contributed by atoms with Gasteiger partial charge in [0.25, 0.3) is 5.91 Å². The number of hydrogen-bond donors (Lipinski definition) is 2. The van der Waals surface area contributed by atoms with Gasteiger partial charge in [-0.3, -0.25) is 9.59 Å². The van der Waals surface area contributed by atoms with Crippen LogP contribution in [0.1, 0.15) is 23.1 Å². The van der Waals surface area contributed by atoms with Gasteiger partial charge in [0.1, 0.15) is 18.0 Å². The number of aromatic nitrogens is 1. The number of benzene rings is 2. The summed E-state index contributed by atoms with van der Waals surface area (Å²) in [7, 11) is 3.74. The van der Waals surface area contributed by atoms with Crippen molar-refractivity contribution < 1.29 is 24.5 Å². The monoisotopic (exact) mass is 423 g/mol. The van der Waals surface area contributed by atoms with Gasteiger partial charge in [-0.25, -0.2) is 4.98 Å². The molecule has 0 fully saturated rings. The third-order valence-corrected chi connectivity index (χ3v) is 4.67. The van der Waals surface area contributed by atoms with E-state index in [1.807, 2.05) is 49.3 Å². The van der Waals surface area contributed by atoms with Crippen molar-refractivity contribution in [3.8, 4) is 17.2 Å². The van der Waals surface area contributed by atoms with Gasteiger partial charge in [-0.05, 0) is 51.4 Å². The number of rotatable bonds is 8. The Labute approximate surface area is 180 Å². The first kappa shape index (κ1) is 22.0. The quantitative estimate of drug-likeness (QED) is 0.573. The minimum Gasteiger partial charge on any atom is -0.505 e. The lowest BCUT2D eigenvalue weighted by atomic mass is 10.1. The second kappa shape index (κ2) is 9.44. The van der Waals surface area contributed by atoms with Crippen molar-refractivity contribution >= 4 is 22.6 Å². The van der Waals surface area contributed by atoms with Crippen LogP contribution < -0.4 is 4.74 Å². The van der Waals surface area contributed by atoms with Crippen LogP contribution in [0.3, 0.4) is 0 Å². The maximum absolute atomic E-state index is 12.9. The highest BCUT2D eigenvalue weighted by Gasteiger charge is 2.25. The molecule has 1 amide bonds. The summed E-state index contributed by atoms with van der Waals surface area (Å²) in [5.74, 6) is -0.800. The van der Waals surface area contributed by atoms with E-state index in [1.54, 1.807) is 25.1 Å². The highest BCUT2D eigenvalue weighted by Crippen LogP contribution is 2.34. The number of hydrogen-bond acceptors (Lipinski definition) is 6. The molecule has 0 atom stereocenters. The average molecular weight is 423 g/mol. The first-order valence-corrected chi connectivity index (χ1v) is 9.84. The lowest BCUT2D eigenvalue weighted by Crippen LogP contribution is -2.36. The number of para-hydroxylation sites is 1. The summed E-state index contributed by atoms with van der Waals surface area (Å²) in [5.41, 5.74) is 0.412. The molecule has 31 heavy (non-hydrogen) atoms. The highest BCUT2D eigenvalue weighted by atomic mass is 16.5.